The van der Waals surface area contributed by atoms with E-state index in [2.05, 4.69) is 4.98 Å². The van der Waals surface area contributed by atoms with Crippen molar-refractivity contribution in [1.82, 2.24) is 4.98 Å². The molecule has 3 rings (SSSR count). The number of carbonyl (C=O) groups is 1. The molecule has 3 aromatic rings. The van der Waals surface area contributed by atoms with Gasteiger partial charge in [0.25, 0.3) is 0 Å². The van der Waals surface area contributed by atoms with E-state index in [-0.39, 0.29) is 0 Å². The van der Waals surface area contributed by atoms with Gasteiger partial charge in [-0.1, -0.05) is 12.1 Å². The maximum absolute atomic E-state index is 11.1. The molecule has 0 unspecified atom stereocenters. The van der Waals surface area contributed by atoms with Gasteiger partial charge in [0, 0.05) is 4.88 Å². The van der Waals surface area contributed by atoms with Crippen LogP contribution in [0.2, 0.25) is 0 Å². The molecule has 22 heavy (non-hydrogen) atoms. The van der Waals surface area contributed by atoms with E-state index < -0.39 is 5.97 Å². The number of aromatic carboxylic acids is 1. The van der Waals surface area contributed by atoms with E-state index in [1.54, 1.807) is 25.4 Å². The number of aryl methyl sites for hydroxylation is 1. The Kier molecular flexibility index (Phi) is 3.96. The first-order valence-electron chi connectivity index (χ1n) is 6.54. The third-order valence-corrected chi connectivity index (χ3v) is 5.61. The molecular weight excluding hydrogens is 318 g/mol. The van der Waals surface area contributed by atoms with Crippen LogP contribution < -0.4 is 4.74 Å². The SMILES string of the molecule is COc1cccc(-c2ccc(-c3nc(C)c(C(=O)O)s3)s2)c1. The van der Waals surface area contributed by atoms with Crippen molar-refractivity contribution < 1.29 is 14.6 Å². The summed E-state index contributed by atoms with van der Waals surface area (Å²) < 4.78 is 5.24. The van der Waals surface area contributed by atoms with Crippen molar-refractivity contribution in [1.29, 1.82) is 0 Å². The highest BCUT2D eigenvalue weighted by Gasteiger charge is 2.16. The number of benzene rings is 1. The second-order valence-electron chi connectivity index (χ2n) is 4.63. The molecule has 112 valence electrons. The molecule has 1 N–H and O–H groups in total. The molecule has 0 radical (unpaired) electrons. The number of hydrogen-bond donors (Lipinski definition) is 1. The van der Waals surface area contributed by atoms with Gasteiger partial charge in [0.1, 0.15) is 15.6 Å². The Morgan fingerprint density at radius 3 is 2.64 bits per heavy atom. The number of thiophene rings is 1. The normalized spacial score (nSPS) is 10.6. The van der Waals surface area contributed by atoms with Crippen molar-refractivity contribution in [2.45, 2.75) is 6.92 Å². The van der Waals surface area contributed by atoms with E-state index in [4.69, 9.17) is 9.84 Å². The summed E-state index contributed by atoms with van der Waals surface area (Å²) in [6.45, 7) is 1.72. The summed E-state index contributed by atoms with van der Waals surface area (Å²) in [7, 11) is 1.64. The minimum Gasteiger partial charge on any atom is -0.497 e. The van der Waals surface area contributed by atoms with E-state index >= 15 is 0 Å². The number of aromatic nitrogens is 1. The van der Waals surface area contributed by atoms with Crippen LogP contribution in [0.15, 0.2) is 36.4 Å². The van der Waals surface area contributed by atoms with E-state index in [0.717, 1.165) is 26.1 Å². The first-order valence-corrected chi connectivity index (χ1v) is 8.17. The Morgan fingerprint density at radius 2 is 1.95 bits per heavy atom. The molecule has 2 aromatic heterocycles. The lowest BCUT2D eigenvalue weighted by Crippen LogP contribution is -1.94. The van der Waals surface area contributed by atoms with E-state index in [1.807, 2.05) is 36.4 Å². The topological polar surface area (TPSA) is 59.4 Å². The Hall–Kier alpha value is -2.18. The Balaban J connectivity index is 1.96. The lowest BCUT2D eigenvalue weighted by molar-refractivity contribution is 0.0701. The van der Waals surface area contributed by atoms with Crippen LogP contribution in [0.3, 0.4) is 0 Å². The van der Waals surface area contributed by atoms with Gasteiger partial charge < -0.3 is 9.84 Å². The Morgan fingerprint density at radius 1 is 1.18 bits per heavy atom. The molecule has 1 aromatic carbocycles. The summed E-state index contributed by atoms with van der Waals surface area (Å²) in [4.78, 5) is 17.9. The monoisotopic (exact) mass is 331 g/mol. The van der Waals surface area contributed by atoms with Crippen molar-refractivity contribution in [2.75, 3.05) is 7.11 Å². The largest absolute Gasteiger partial charge is 0.497 e. The van der Waals surface area contributed by atoms with Crippen molar-refractivity contribution in [3.63, 3.8) is 0 Å². The summed E-state index contributed by atoms with van der Waals surface area (Å²) in [5, 5.41) is 9.87. The van der Waals surface area contributed by atoms with Crippen molar-refractivity contribution >= 4 is 28.6 Å². The van der Waals surface area contributed by atoms with Crippen LogP contribution in [0.25, 0.3) is 20.3 Å². The molecule has 0 fully saturated rings. The van der Waals surface area contributed by atoms with E-state index in [0.29, 0.717) is 10.6 Å². The minimum atomic E-state index is -0.925. The molecule has 0 saturated heterocycles. The molecule has 0 aliphatic carbocycles. The maximum Gasteiger partial charge on any atom is 0.347 e. The zero-order chi connectivity index (χ0) is 15.7. The number of nitrogens with zero attached hydrogens (tertiary/aromatic N) is 1. The highest BCUT2D eigenvalue weighted by molar-refractivity contribution is 7.24. The van der Waals surface area contributed by atoms with Gasteiger partial charge in [0.2, 0.25) is 0 Å². The van der Waals surface area contributed by atoms with Gasteiger partial charge in [-0.3, -0.25) is 0 Å². The number of rotatable bonds is 4. The number of methoxy groups -OCH3 is 1. The first-order chi connectivity index (χ1) is 10.6. The average Bonchev–Trinajstić information content (AvgIpc) is 3.13. The minimum absolute atomic E-state index is 0.298. The quantitative estimate of drug-likeness (QED) is 0.761. The maximum atomic E-state index is 11.1. The van der Waals surface area contributed by atoms with Crippen LogP contribution in [0, 0.1) is 6.92 Å². The van der Waals surface area contributed by atoms with Crippen LogP contribution in [-0.2, 0) is 0 Å². The van der Waals surface area contributed by atoms with Gasteiger partial charge in [-0.25, -0.2) is 9.78 Å². The van der Waals surface area contributed by atoms with E-state index in [9.17, 15) is 4.79 Å². The van der Waals surface area contributed by atoms with Crippen LogP contribution in [-0.4, -0.2) is 23.2 Å². The molecule has 0 bridgehead atoms. The highest BCUT2D eigenvalue weighted by Crippen LogP contribution is 2.37. The smallest absolute Gasteiger partial charge is 0.347 e. The van der Waals surface area contributed by atoms with Gasteiger partial charge in [0.05, 0.1) is 17.7 Å². The number of ether oxygens (including phenoxy) is 1. The van der Waals surface area contributed by atoms with Crippen LogP contribution in [0.1, 0.15) is 15.4 Å². The third kappa shape index (κ3) is 2.75. The lowest BCUT2D eigenvalue weighted by Gasteiger charge is -2.01. The van der Waals surface area contributed by atoms with Gasteiger partial charge in [-0.2, -0.15) is 0 Å². The second-order valence-corrected chi connectivity index (χ2v) is 6.72. The molecule has 6 heteroatoms. The number of carboxylic acids is 1. The third-order valence-electron chi connectivity index (χ3n) is 3.16. The zero-order valence-corrected chi connectivity index (χ0v) is 13.6. The molecule has 0 saturated carbocycles. The molecule has 0 aliphatic rings. The predicted molar refractivity (Wildman–Crippen MR) is 89.1 cm³/mol. The van der Waals surface area contributed by atoms with Crippen molar-refractivity contribution in [2.24, 2.45) is 0 Å². The van der Waals surface area contributed by atoms with Crippen molar-refractivity contribution in [3.05, 3.63) is 47.0 Å². The van der Waals surface area contributed by atoms with Gasteiger partial charge >= 0.3 is 5.97 Å². The predicted octanol–water partition coefficient (Wildman–Crippen LogP) is 4.55. The molecular formula is C16H13NO3S2. The number of hydrogen-bond acceptors (Lipinski definition) is 5. The fourth-order valence-electron chi connectivity index (χ4n) is 2.08. The Bertz CT molecular complexity index is 836. The summed E-state index contributed by atoms with van der Waals surface area (Å²) in [6.07, 6.45) is 0. The second kappa shape index (κ2) is 5.90. The van der Waals surface area contributed by atoms with Gasteiger partial charge in [0.15, 0.2) is 0 Å². The molecule has 0 amide bonds. The molecule has 0 atom stereocenters. The van der Waals surface area contributed by atoms with Gasteiger partial charge in [-0.05, 0) is 36.8 Å². The Labute approximate surface area is 135 Å². The molecule has 0 spiro atoms. The fourth-order valence-corrected chi connectivity index (χ4v) is 4.05. The lowest BCUT2D eigenvalue weighted by atomic mass is 10.2. The average molecular weight is 331 g/mol. The standard InChI is InChI=1S/C16H13NO3S2/c1-9-14(16(18)19)22-15(17-9)13-7-6-12(21-13)10-4-3-5-11(8-10)20-2/h3-8H,1-2H3,(H,18,19). The van der Waals surface area contributed by atoms with Crippen LogP contribution >= 0.6 is 22.7 Å². The summed E-state index contributed by atoms with van der Waals surface area (Å²) in [6, 6.07) is 11.8. The van der Waals surface area contributed by atoms with Crippen LogP contribution in [0.4, 0.5) is 0 Å². The van der Waals surface area contributed by atoms with E-state index in [1.165, 1.54) is 11.3 Å². The van der Waals surface area contributed by atoms with Crippen molar-refractivity contribution in [3.8, 4) is 26.1 Å². The summed E-state index contributed by atoms with van der Waals surface area (Å²) >= 11 is 2.80. The highest BCUT2D eigenvalue weighted by atomic mass is 32.1. The molecule has 0 aliphatic heterocycles. The van der Waals surface area contributed by atoms with Crippen LogP contribution in [0.5, 0.6) is 5.75 Å². The first kappa shape index (κ1) is 14.7. The molecule has 4 nitrogen and oxygen atoms in total. The fraction of sp³-hybridized carbons (Fsp3) is 0.125. The molecule has 2 heterocycles. The van der Waals surface area contributed by atoms with Gasteiger partial charge in [-0.15, -0.1) is 22.7 Å². The number of thiazole rings is 1. The summed E-state index contributed by atoms with van der Waals surface area (Å²) in [5.41, 5.74) is 1.63. The zero-order valence-electron chi connectivity index (χ0n) is 12.0. The summed E-state index contributed by atoms with van der Waals surface area (Å²) in [5.74, 6) is -0.114. The number of carboxylic acid groups (broad SMARTS) is 1.